The molecule has 2 N–H and O–H groups in total. The molecule has 35 heavy (non-hydrogen) atoms. The summed E-state index contributed by atoms with van der Waals surface area (Å²) in [5.41, 5.74) is 1.94. The Morgan fingerprint density at radius 3 is 2.97 bits per heavy atom. The molecule has 6 rings (SSSR count). The van der Waals surface area contributed by atoms with Gasteiger partial charge in [0.2, 0.25) is 0 Å². The highest BCUT2D eigenvalue weighted by molar-refractivity contribution is 6.01. The molecule has 4 heterocycles. The molecule has 2 bridgehead atoms. The molecule has 2 aliphatic heterocycles. The highest BCUT2D eigenvalue weighted by Gasteiger charge is 2.31. The molecule has 8 heteroatoms. The first-order valence-electron chi connectivity index (χ1n) is 12.2. The van der Waals surface area contributed by atoms with Gasteiger partial charge in [0.05, 0.1) is 12.5 Å². The second-order valence-corrected chi connectivity index (χ2v) is 9.52. The van der Waals surface area contributed by atoms with Gasteiger partial charge in [-0.25, -0.2) is 4.39 Å². The SMILES string of the molecule is CCc1cccc2cc(O)cc(-c3ncc4c(N5CCC6CNC(C6)C5)nc(OC)nc4c3F)c12. The summed E-state index contributed by atoms with van der Waals surface area (Å²) in [5.74, 6) is 0.828. The summed E-state index contributed by atoms with van der Waals surface area (Å²) < 4.78 is 21.6. The number of fused-ring (bicyclic) bond motifs is 4. The lowest BCUT2D eigenvalue weighted by molar-refractivity contribution is 0.381. The van der Waals surface area contributed by atoms with Crippen molar-refractivity contribution in [2.24, 2.45) is 5.92 Å². The van der Waals surface area contributed by atoms with Gasteiger partial charge in [0.1, 0.15) is 22.8 Å². The summed E-state index contributed by atoms with van der Waals surface area (Å²) in [7, 11) is 1.49. The van der Waals surface area contributed by atoms with E-state index in [2.05, 4.69) is 32.1 Å². The number of aromatic hydroxyl groups is 1. The number of aryl methyl sites for hydroxylation is 1. The summed E-state index contributed by atoms with van der Waals surface area (Å²) in [5, 5.41) is 16.3. The molecule has 2 aromatic heterocycles. The number of nitrogens with zero attached hydrogens (tertiary/aromatic N) is 4. The Balaban J connectivity index is 1.55. The van der Waals surface area contributed by atoms with E-state index >= 15 is 4.39 Å². The molecule has 180 valence electrons. The number of nitrogens with one attached hydrogen (secondary N) is 1. The topological polar surface area (TPSA) is 83.4 Å². The van der Waals surface area contributed by atoms with E-state index in [9.17, 15) is 5.11 Å². The van der Waals surface area contributed by atoms with E-state index in [0.717, 1.165) is 55.2 Å². The zero-order chi connectivity index (χ0) is 24.1. The normalized spacial score (nSPS) is 19.9. The fourth-order valence-corrected chi connectivity index (χ4v) is 5.66. The predicted octanol–water partition coefficient (Wildman–Crippen LogP) is 4.45. The van der Waals surface area contributed by atoms with Crippen molar-refractivity contribution in [1.82, 2.24) is 20.3 Å². The molecule has 0 saturated carbocycles. The number of phenolic OH excluding ortho intramolecular Hbond substituents is 1. The van der Waals surface area contributed by atoms with E-state index < -0.39 is 5.82 Å². The zero-order valence-electron chi connectivity index (χ0n) is 19.9. The number of hydrogen-bond acceptors (Lipinski definition) is 7. The number of benzene rings is 2. The third kappa shape index (κ3) is 3.72. The van der Waals surface area contributed by atoms with Gasteiger partial charge in [-0.05, 0) is 60.2 Å². The van der Waals surface area contributed by atoms with Crippen LogP contribution >= 0.6 is 0 Å². The summed E-state index contributed by atoms with van der Waals surface area (Å²) in [4.78, 5) is 15.8. The molecule has 4 aromatic rings. The van der Waals surface area contributed by atoms with Gasteiger partial charge in [0, 0.05) is 30.9 Å². The summed E-state index contributed by atoms with van der Waals surface area (Å²) in [6, 6.07) is 9.67. The fourth-order valence-electron chi connectivity index (χ4n) is 5.66. The maximum absolute atomic E-state index is 16.2. The van der Waals surface area contributed by atoms with Gasteiger partial charge in [-0.2, -0.15) is 9.97 Å². The van der Waals surface area contributed by atoms with Crippen LogP contribution in [0.5, 0.6) is 11.8 Å². The van der Waals surface area contributed by atoms with Crippen molar-refractivity contribution in [2.45, 2.75) is 32.2 Å². The van der Waals surface area contributed by atoms with E-state index in [1.165, 1.54) is 7.11 Å². The molecular formula is C27H28FN5O2. The first kappa shape index (κ1) is 22.0. The number of pyridine rings is 1. The molecule has 2 saturated heterocycles. The third-order valence-electron chi connectivity index (χ3n) is 7.37. The van der Waals surface area contributed by atoms with E-state index in [4.69, 9.17) is 4.74 Å². The van der Waals surface area contributed by atoms with Gasteiger partial charge >= 0.3 is 6.01 Å². The second-order valence-electron chi connectivity index (χ2n) is 9.52. The van der Waals surface area contributed by atoms with Gasteiger partial charge in [0.15, 0.2) is 5.82 Å². The van der Waals surface area contributed by atoms with Crippen LogP contribution in [-0.4, -0.2) is 52.8 Å². The average molecular weight is 474 g/mol. The summed E-state index contributed by atoms with van der Waals surface area (Å²) in [6.45, 7) is 4.76. The van der Waals surface area contributed by atoms with Crippen molar-refractivity contribution < 1.29 is 14.2 Å². The van der Waals surface area contributed by atoms with Crippen molar-refractivity contribution in [3.05, 3.63) is 47.9 Å². The number of ether oxygens (including phenoxy) is 1. The van der Waals surface area contributed by atoms with E-state index in [-0.39, 0.29) is 23.0 Å². The molecule has 2 atom stereocenters. The second kappa shape index (κ2) is 8.61. The number of anilines is 1. The van der Waals surface area contributed by atoms with Crippen LogP contribution in [0.2, 0.25) is 0 Å². The van der Waals surface area contributed by atoms with E-state index in [1.54, 1.807) is 18.3 Å². The molecule has 0 radical (unpaired) electrons. The standard InChI is InChI=1S/C27H28FN5O2/c1-3-16-5-4-6-17-10-19(34)11-20(22(16)17)24-23(28)25-21(13-30-24)26(32-27(31-25)35-2)33-8-7-15-9-18(14-33)29-12-15/h4-6,10-11,13,15,18,29,34H,3,7-9,12,14H2,1-2H3. The maximum atomic E-state index is 16.2. The van der Waals surface area contributed by atoms with Crippen molar-refractivity contribution in [3.63, 3.8) is 0 Å². The number of methoxy groups -OCH3 is 1. The van der Waals surface area contributed by atoms with Gasteiger partial charge in [-0.3, -0.25) is 4.98 Å². The van der Waals surface area contributed by atoms with Crippen LogP contribution in [0.3, 0.4) is 0 Å². The van der Waals surface area contributed by atoms with Crippen LogP contribution in [0.4, 0.5) is 10.2 Å². The minimum absolute atomic E-state index is 0.0649. The van der Waals surface area contributed by atoms with Crippen molar-refractivity contribution in [2.75, 3.05) is 31.6 Å². The number of hydrogen-bond donors (Lipinski definition) is 2. The largest absolute Gasteiger partial charge is 0.508 e. The highest BCUT2D eigenvalue weighted by atomic mass is 19.1. The fraction of sp³-hybridized carbons (Fsp3) is 0.370. The number of aromatic nitrogens is 3. The molecule has 2 fully saturated rings. The Morgan fingerprint density at radius 1 is 1.26 bits per heavy atom. The molecule has 2 aliphatic rings. The minimum atomic E-state index is -0.545. The Kier molecular flexibility index (Phi) is 5.40. The van der Waals surface area contributed by atoms with E-state index in [1.807, 2.05) is 18.2 Å². The van der Waals surface area contributed by atoms with Crippen LogP contribution in [0.25, 0.3) is 32.9 Å². The molecule has 7 nitrogen and oxygen atoms in total. The molecule has 0 amide bonds. The van der Waals surface area contributed by atoms with Crippen LogP contribution < -0.4 is 15.0 Å². The monoisotopic (exact) mass is 473 g/mol. The number of phenols is 1. The third-order valence-corrected chi connectivity index (χ3v) is 7.37. The Labute approximate surface area is 203 Å². The lowest BCUT2D eigenvalue weighted by Gasteiger charge is -2.27. The Hall–Kier alpha value is -3.52. The number of rotatable bonds is 4. The average Bonchev–Trinajstić information content (AvgIpc) is 3.21. The van der Waals surface area contributed by atoms with E-state index in [0.29, 0.717) is 28.7 Å². The van der Waals surface area contributed by atoms with Crippen LogP contribution in [0.1, 0.15) is 25.3 Å². The van der Waals surface area contributed by atoms with Gasteiger partial charge in [-0.15, -0.1) is 0 Å². The first-order valence-corrected chi connectivity index (χ1v) is 12.2. The number of halogens is 1. The van der Waals surface area contributed by atoms with Gasteiger partial charge < -0.3 is 20.1 Å². The summed E-state index contributed by atoms with van der Waals surface area (Å²) in [6.07, 6.45) is 4.64. The van der Waals surface area contributed by atoms with Crippen LogP contribution in [-0.2, 0) is 6.42 Å². The molecule has 0 spiro atoms. The van der Waals surface area contributed by atoms with Gasteiger partial charge in [0.25, 0.3) is 0 Å². The van der Waals surface area contributed by atoms with Gasteiger partial charge in [-0.1, -0.05) is 25.1 Å². The van der Waals surface area contributed by atoms with Crippen LogP contribution in [0, 0.1) is 11.7 Å². The van der Waals surface area contributed by atoms with Crippen LogP contribution in [0.15, 0.2) is 36.5 Å². The minimum Gasteiger partial charge on any atom is -0.508 e. The van der Waals surface area contributed by atoms with Crippen molar-refractivity contribution in [1.29, 1.82) is 0 Å². The smallest absolute Gasteiger partial charge is 0.318 e. The predicted molar refractivity (Wildman–Crippen MR) is 135 cm³/mol. The molecular weight excluding hydrogens is 445 g/mol. The lowest BCUT2D eigenvalue weighted by Crippen LogP contribution is -2.39. The van der Waals surface area contributed by atoms with Crippen molar-refractivity contribution in [3.8, 4) is 23.0 Å². The molecule has 0 aliphatic carbocycles. The maximum Gasteiger partial charge on any atom is 0.318 e. The zero-order valence-corrected chi connectivity index (χ0v) is 19.9. The quantitative estimate of drug-likeness (QED) is 0.453. The molecule has 2 unspecified atom stereocenters. The molecule has 2 aromatic carbocycles. The highest BCUT2D eigenvalue weighted by Crippen LogP contribution is 2.38. The first-order chi connectivity index (χ1) is 17.1. The lowest BCUT2D eigenvalue weighted by atomic mass is 9.95. The van der Waals surface area contributed by atoms with Crippen molar-refractivity contribution >= 4 is 27.5 Å². The Morgan fingerprint density at radius 2 is 2.14 bits per heavy atom. The Bertz CT molecular complexity index is 1440. The summed E-state index contributed by atoms with van der Waals surface area (Å²) >= 11 is 0.